The summed E-state index contributed by atoms with van der Waals surface area (Å²) in [7, 11) is 0. The first-order valence-corrected chi connectivity index (χ1v) is 3.92. The zero-order chi connectivity index (χ0) is 11.4. The Kier molecular flexibility index (Phi) is 3.17. The molecule has 0 fully saturated rings. The van der Waals surface area contributed by atoms with E-state index in [1.165, 1.54) is 6.92 Å². The summed E-state index contributed by atoms with van der Waals surface area (Å²) in [5.41, 5.74) is -0.263. The maximum atomic E-state index is 13.0. The number of pyridine rings is 1. The van der Waals surface area contributed by atoms with Gasteiger partial charge in [0.05, 0.1) is 11.9 Å². The minimum Gasteiger partial charge on any atom is -0.465 e. The van der Waals surface area contributed by atoms with Crippen LogP contribution in [-0.2, 0) is 4.79 Å². The minimum absolute atomic E-state index is 0.0765. The Labute approximate surface area is 84.1 Å². The van der Waals surface area contributed by atoms with Crippen molar-refractivity contribution in [3.8, 4) is 0 Å². The second-order valence-electron chi connectivity index (χ2n) is 2.66. The van der Waals surface area contributed by atoms with Gasteiger partial charge < -0.3 is 10.4 Å². The highest BCUT2D eigenvalue weighted by Gasteiger charge is 2.07. The Morgan fingerprint density at radius 1 is 1.47 bits per heavy atom. The van der Waals surface area contributed by atoms with Gasteiger partial charge in [0, 0.05) is 13.0 Å². The highest BCUT2D eigenvalue weighted by atomic mass is 19.1. The van der Waals surface area contributed by atoms with Crippen LogP contribution in [0.2, 0.25) is 0 Å². The number of nitrogens with zero attached hydrogens (tertiary/aromatic N) is 1. The zero-order valence-electron chi connectivity index (χ0n) is 7.74. The van der Waals surface area contributed by atoms with Crippen molar-refractivity contribution >= 4 is 23.5 Å². The Bertz CT molecular complexity index is 408. The number of hydrogen-bond donors (Lipinski definition) is 3. The summed E-state index contributed by atoms with van der Waals surface area (Å²) in [6.07, 6.45) is -0.579. The molecule has 0 spiro atoms. The molecule has 1 heterocycles. The summed E-state index contributed by atoms with van der Waals surface area (Å²) < 4.78 is 13.0. The summed E-state index contributed by atoms with van der Waals surface area (Å²) >= 11 is 0. The van der Waals surface area contributed by atoms with E-state index in [1.807, 2.05) is 5.32 Å². The predicted molar refractivity (Wildman–Crippen MR) is 50.1 cm³/mol. The van der Waals surface area contributed by atoms with Gasteiger partial charge in [0.1, 0.15) is 5.82 Å². The van der Waals surface area contributed by atoms with Gasteiger partial charge in [0.25, 0.3) is 0 Å². The molecule has 15 heavy (non-hydrogen) atoms. The van der Waals surface area contributed by atoms with E-state index < -0.39 is 11.9 Å². The van der Waals surface area contributed by atoms with Gasteiger partial charge in [-0.1, -0.05) is 0 Å². The van der Waals surface area contributed by atoms with Crippen LogP contribution < -0.4 is 10.6 Å². The Balaban J connectivity index is 2.94. The number of hydrogen-bond acceptors (Lipinski definition) is 3. The van der Waals surface area contributed by atoms with Crippen molar-refractivity contribution in [3.63, 3.8) is 0 Å². The van der Waals surface area contributed by atoms with Crippen LogP contribution in [0.25, 0.3) is 0 Å². The van der Waals surface area contributed by atoms with Gasteiger partial charge in [-0.15, -0.1) is 0 Å². The van der Waals surface area contributed by atoms with Crippen LogP contribution in [0.5, 0.6) is 0 Å². The fourth-order valence-electron chi connectivity index (χ4n) is 0.898. The maximum Gasteiger partial charge on any atom is 0.409 e. The number of carbonyl (C=O) groups excluding carboxylic acids is 1. The average Bonchev–Trinajstić information content (AvgIpc) is 2.09. The first kappa shape index (κ1) is 10.9. The maximum absolute atomic E-state index is 13.0. The van der Waals surface area contributed by atoms with Gasteiger partial charge in [-0.3, -0.25) is 10.1 Å². The van der Waals surface area contributed by atoms with Crippen LogP contribution in [0.3, 0.4) is 0 Å². The zero-order valence-corrected chi connectivity index (χ0v) is 7.74. The van der Waals surface area contributed by atoms with Gasteiger partial charge in [-0.05, 0) is 0 Å². The molecule has 80 valence electrons. The molecule has 2 amide bonds. The molecule has 0 aliphatic carbocycles. The number of amides is 2. The smallest absolute Gasteiger partial charge is 0.409 e. The Morgan fingerprint density at radius 3 is 2.67 bits per heavy atom. The third-order valence-corrected chi connectivity index (χ3v) is 1.40. The van der Waals surface area contributed by atoms with Crippen molar-refractivity contribution < 1.29 is 19.1 Å². The Hall–Kier alpha value is -2.18. The largest absolute Gasteiger partial charge is 0.465 e. The van der Waals surface area contributed by atoms with Crippen molar-refractivity contribution in [2.45, 2.75) is 6.92 Å². The van der Waals surface area contributed by atoms with Gasteiger partial charge in [0.2, 0.25) is 5.91 Å². The molecule has 1 aromatic rings. The number of carbonyl (C=O) groups is 2. The monoisotopic (exact) mass is 213 g/mol. The van der Waals surface area contributed by atoms with Crippen LogP contribution in [0.4, 0.5) is 20.7 Å². The van der Waals surface area contributed by atoms with Crippen LogP contribution >= 0.6 is 0 Å². The molecule has 0 aromatic carbocycles. The third-order valence-electron chi connectivity index (χ3n) is 1.40. The molecule has 1 aromatic heterocycles. The molecule has 0 aliphatic heterocycles. The standard InChI is InChI=1S/C8H8FN3O3/c1-4(13)11-7-2-6(12-8(14)15)5(9)3-10-7/h2-3H,1H3,(H,14,15)(H2,10,11,12,13). The highest BCUT2D eigenvalue weighted by molar-refractivity contribution is 5.89. The quantitative estimate of drug-likeness (QED) is 0.689. The summed E-state index contributed by atoms with van der Waals surface area (Å²) in [5, 5.41) is 12.5. The molecule has 0 atom stereocenters. The Morgan fingerprint density at radius 2 is 2.13 bits per heavy atom. The summed E-state index contributed by atoms with van der Waals surface area (Å²) in [5.74, 6) is -1.12. The van der Waals surface area contributed by atoms with Crippen LogP contribution in [0.1, 0.15) is 6.92 Å². The SMILES string of the molecule is CC(=O)Nc1cc(NC(=O)O)c(F)cn1. The number of carboxylic acid groups (broad SMARTS) is 1. The van der Waals surface area contributed by atoms with Crippen molar-refractivity contribution in [1.82, 2.24) is 4.98 Å². The lowest BCUT2D eigenvalue weighted by Crippen LogP contribution is -2.12. The molecule has 3 N–H and O–H groups in total. The highest BCUT2D eigenvalue weighted by Crippen LogP contribution is 2.16. The molecular weight excluding hydrogens is 205 g/mol. The van der Waals surface area contributed by atoms with Gasteiger partial charge >= 0.3 is 6.09 Å². The molecule has 0 radical (unpaired) electrons. The van der Waals surface area contributed by atoms with E-state index in [2.05, 4.69) is 10.3 Å². The molecule has 0 aliphatic rings. The van der Waals surface area contributed by atoms with E-state index in [1.54, 1.807) is 0 Å². The lowest BCUT2D eigenvalue weighted by Gasteiger charge is -2.05. The van der Waals surface area contributed by atoms with Crippen LogP contribution in [0, 0.1) is 5.82 Å². The van der Waals surface area contributed by atoms with E-state index in [9.17, 15) is 14.0 Å². The number of nitrogens with one attached hydrogen (secondary N) is 2. The summed E-state index contributed by atoms with van der Waals surface area (Å²) in [6.45, 7) is 1.26. The lowest BCUT2D eigenvalue weighted by atomic mass is 10.3. The van der Waals surface area contributed by atoms with Gasteiger partial charge in [-0.2, -0.15) is 0 Å². The number of halogens is 1. The molecular formula is C8H8FN3O3. The fraction of sp³-hybridized carbons (Fsp3) is 0.125. The number of rotatable bonds is 2. The first-order valence-electron chi connectivity index (χ1n) is 3.92. The molecule has 1 rings (SSSR count). The first-order chi connectivity index (χ1) is 6.99. The van der Waals surface area contributed by atoms with E-state index in [0.717, 1.165) is 12.3 Å². The lowest BCUT2D eigenvalue weighted by molar-refractivity contribution is -0.114. The van der Waals surface area contributed by atoms with Crippen molar-refractivity contribution in [2.24, 2.45) is 0 Å². The average molecular weight is 213 g/mol. The van der Waals surface area contributed by atoms with Gasteiger partial charge in [-0.25, -0.2) is 14.2 Å². The second-order valence-corrected chi connectivity index (χ2v) is 2.66. The van der Waals surface area contributed by atoms with Crippen LogP contribution in [0.15, 0.2) is 12.3 Å². The van der Waals surface area contributed by atoms with Crippen molar-refractivity contribution in [3.05, 3.63) is 18.1 Å². The van der Waals surface area contributed by atoms with Crippen LogP contribution in [-0.4, -0.2) is 22.1 Å². The predicted octanol–water partition coefficient (Wildman–Crippen LogP) is 1.27. The molecule has 7 heteroatoms. The minimum atomic E-state index is -1.39. The van der Waals surface area contributed by atoms with E-state index >= 15 is 0 Å². The van der Waals surface area contributed by atoms with E-state index in [0.29, 0.717) is 0 Å². The second kappa shape index (κ2) is 4.36. The number of aromatic nitrogens is 1. The van der Waals surface area contributed by atoms with E-state index in [-0.39, 0.29) is 17.4 Å². The van der Waals surface area contributed by atoms with Gasteiger partial charge in [0.15, 0.2) is 5.82 Å². The fourth-order valence-corrected chi connectivity index (χ4v) is 0.898. The summed E-state index contributed by atoms with van der Waals surface area (Å²) in [4.78, 5) is 24.5. The molecule has 0 unspecified atom stereocenters. The van der Waals surface area contributed by atoms with E-state index in [4.69, 9.17) is 5.11 Å². The topological polar surface area (TPSA) is 91.3 Å². The summed E-state index contributed by atoms with van der Waals surface area (Å²) in [6, 6.07) is 1.09. The molecule has 6 nitrogen and oxygen atoms in total. The van der Waals surface area contributed by atoms with Crippen molar-refractivity contribution in [2.75, 3.05) is 10.6 Å². The normalized spacial score (nSPS) is 9.47. The molecule has 0 saturated heterocycles. The van der Waals surface area contributed by atoms with Crippen molar-refractivity contribution in [1.29, 1.82) is 0 Å². The molecule has 0 saturated carbocycles. The third kappa shape index (κ3) is 3.22. The molecule has 0 bridgehead atoms. The number of anilines is 2.